The van der Waals surface area contributed by atoms with Gasteiger partial charge in [-0.25, -0.2) is 0 Å². The molecule has 0 saturated carbocycles. The number of carbonyl (C=O) groups is 1. The number of aliphatic hydroxyl groups excluding tert-OH is 3. The highest BCUT2D eigenvalue weighted by molar-refractivity contribution is 6.00. The van der Waals surface area contributed by atoms with Crippen molar-refractivity contribution in [3.63, 3.8) is 0 Å². The van der Waals surface area contributed by atoms with E-state index in [9.17, 15) is 15.0 Å². The van der Waals surface area contributed by atoms with Crippen LogP contribution in [0, 0.1) is 17.8 Å². The van der Waals surface area contributed by atoms with E-state index in [1.54, 1.807) is 6.92 Å². The fraction of sp³-hybridized carbons (Fsp3) is 0.550. The molecule has 0 radical (unpaired) electrons. The molecule has 0 unspecified atom stereocenters. The Hall–Kier alpha value is -1.49. The lowest BCUT2D eigenvalue weighted by Gasteiger charge is -2.30. The second kappa shape index (κ2) is 9.72. The maximum Gasteiger partial charge on any atom is 0.190 e. The summed E-state index contributed by atoms with van der Waals surface area (Å²) < 4.78 is 0. The number of carbonyl (C=O) groups excluding carboxylic acids is 1. The summed E-state index contributed by atoms with van der Waals surface area (Å²) in [6.45, 7) is 7.75. The molecule has 1 aliphatic rings. The normalized spacial score (nSPS) is 27.3. The van der Waals surface area contributed by atoms with Crippen LogP contribution in [0.4, 0.5) is 0 Å². The highest BCUT2D eigenvalue weighted by atomic mass is 16.3. The summed E-state index contributed by atoms with van der Waals surface area (Å²) in [5.74, 6) is -0.265. The smallest absolute Gasteiger partial charge is 0.190 e. The summed E-state index contributed by atoms with van der Waals surface area (Å²) >= 11 is 0. The zero-order valence-corrected chi connectivity index (χ0v) is 15.0. The van der Waals surface area contributed by atoms with E-state index in [1.165, 1.54) is 6.08 Å². The number of hydrogen-bond donors (Lipinski definition) is 3. The molecule has 0 spiro atoms. The molecule has 0 amide bonds. The molecular weight excluding hydrogens is 304 g/mol. The Morgan fingerprint density at radius 2 is 1.92 bits per heavy atom. The topological polar surface area (TPSA) is 77.8 Å². The standard InChI is InChI=1S/C20H30O4/c1-13(2)7-5-8-14(3)9-6-10-15(4)18-17(22)11-16(12-21)19(23)20(18)24/h5-6,8-11,13-14,17-18,20-22,24H,7,12H2,1-4H3/b8-5-,9-6+,15-10+/t14-,17+,18+,20-/m1/s1. The molecule has 0 bridgehead atoms. The molecule has 4 nitrogen and oxygen atoms in total. The largest absolute Gasteiger partial charge is 0.392 e. The van der Waals surface area contributed by atoms with Gasteiger partial charge in [0.25, 0.3) is 0 Å². The zero-order chi connectivity index (χ0) is 18.3. The van der Waals surface area contributed by atoms with Crippen LogP contribution in [0.3, 0.4) is 0 Å². The molecule has 0 aromatic heterocycles. The molecule has 134 valence electrons. The van der Waals surface area contributed by atoms with Gasteiger partial charge >= 0.3 is 0 Å². The van der Waals surface area contributed by atoms with E-state index < -0.39 is 30.5 Å². The van der Waals surface area contributed by atoms with Crippen molar-refractivity contribution in [1.82, 2.24) is 0 Å². The second-order valence-electron chi connectivity index (χ2n) is 6.89. The predicted molar refractivity (Wildman–Crippen MR) is 96.3 cm³/mol. The van der Waals surface area contributed by atoms with Crippen LogP contribution in [-0.2, 0) is 4.79 Å². The molecule has 0 fully saturated rings. The van der Waals surface area contributed by atoms with Crippen molar-refractivity contribution in [2.75, 3.05) is 6.61 Å². The van der Waals surface area contributed by atoms with Gasteiger partial charge in [0.05, 0.1) is 12.7 Å². The second-order valence-corrected chi connectivity index (χ2v) is 6.89. The lowest BCUT2D eigenvalue weighted by Crippen LogP contribution is -2.43. The Kier molecular flexibility index (Phi) is 8.32. The first-order valence-corrected chi connectivity index (χ1v) is 8.51. The van der Waals surface area contributed by atoms with E-state index >= 15 is 0 Å². The van der Waals surface area contributed by atoms with E-state index in [0.29, 0.717) is 5.92 Å². The third kappa shape index (κ3) is 5.86. The first kappa shape index (κ1) is 20.6. The van der Waals surface area contributed by atoms with Crippen molar-refractivity contribution in [3.8, 4) is 0 Å². The van der Waals surface area contributed by atoms with E-state index in [-0.39, 0.29) is 11.5 Å². The fourth-order valence-corrected chi connectivity index (χ4v) is 2.70. The molecule has 0 aromatic rings. The quantitative estimate of drug-likeness (QED) is 0.494. The van der Waals surface area contributed by atoms with Crippen LogP contribution in [0.5, 0.6) is 0 Å². The fourth-order valence-electron chi connectivity index (χ4n) is 2.70. The summed E-state index contributed by atoms with van der Waals surface area (Å²) in [4.78, 5) is 11.9. The van der Waals surface area contributed by atoms with Gasteiger partial charge in [-0.3, -0.25) is 4.79 Å². The lowest BCUT2D eigenvalue weighted by atomic mass is 9.79. The SMILES string of the molecule is C/C(=C\C=C\[C@H](C)/C=C\CC(C)C)[C@H]1[C@@H](O)C=C(CO)C(=O)[C@@H]1O. The molecule has 0 aromatic carbocycles. The first-order valence-electron chi connectivity index (χ1n) is 8.51. The van der Waals surface area contributed by atoms with Gasteiger partial charge in [0.1, 0.15) is 6.10 Å². The van der Waals surface area contributed by atoms with Crippen LogP contribution in [0.2, 0.25) is 0 Å². The molecule has 24 heavy (non-hydrogen) atoms. The third-order valence-electron chi connectivity index (χ3n) is 4.18. The Bertz CT molecular complexity index is 540. The zero-order valence-electron chi connectivity index (χ0n) is 15.0. The number of hydrogen-bond acceptors (Lipinski definition) is 4. The van der Waals surface area contributed by atoms with E-state index in [0.717, 1.165) is 12.0 Å². The summed E-state index contributed by atoms with van der Waals surface area (Å²) in [6, 6.07) is 0. The van der Waals surface area contributed by atoms with Gasteiger partial charge in [-0.2, -0.15) is 0 Å². The summed E-state index contributed by atoms with van der Waals surface area (Å²) in [5, 5.41) is 29.3. The average Bonchev–Trinajstić information content (AvgIpc) is 2.50. The summed E-state index contributed by atoms with van der Waals surface area (Å²) in [6.07, 6.45) is 10.1. The maximum absolute atomic E-state index is 11.9. The average molecular weight is 334 g/mol. The summed E-state index contributed by atoms with van der Waals surface area (Å²) in [5.41, 5.74) is 0.796. The highest BCUT2D eigenvalue weighted by Gasteiger charge is 2.37. The van der Waals surface area contributed by atoms with Gasteiger partial charge in [0.2, 0.25) is 0 Å². The number of ketones is 1. The van der Waals surface area contributed by atoms with Crippen LogP contribution < -0.4 is 0 Å². The number of rotatable bonds is 7. The molecule has 4 atom stereocenters. The Morgan fingerprint density at radius 3 is 2.50 bits per heavy atom. The van der Waals surface area contributed by atoms with Gasteiger partial charge in [-0.1, -0.05) is 56.7 Å². The Morgan fingerprint density at radius 1 is 1.25 bits per heavy atom. The van der Waals surface area contributed by atoms with Crippen molar-refractivity contribution in [3.05, 3.63) is 47.6 Å². The Balaban J connectivity index is 2.75. The minimum atomic E-state index is -1.32. The summed E-state index contributed by atoms with van der Waals surface area (Å²) in [7, 11) is 0. The third-order valence-corrected chi connectivity index (χ3v) is 4.18. The van der Waals surface area contributed by atoms with Gasteiger partial charge < -0.3 is 15.3 Å². The molecule has 1 aliphatic carbocycles. The van der Waals surface area contributed by atoms with Crippen molar-refractivity contribution in [2.24, 2.45) is 17.8 Å². The van der Waals surface area contributed by atoms with Crippen LogP contribution in [-0.4, -0.2) is 39.9 Å². The van der Waals surface area contributed by atoms with Gasteiger partial charge in [0.15, 0.2) is 5.78 Å². The highest BCUT2D eigenvalue weighted by Crippen LogP contribution is 2.28. The van der Waals surface area contributed by atoms with Crippen molar-refractivity contribution >= 4 is 5.78 Å². The van der Waals surface area contributed by atoms with Crippen LogP contribution in [0.25, 0.3) is 0 Å². The monoisotopic (exact) mass is 334 g/mol. The Labute approximate surface area is 144 Å². The molecule has 1 rings (SSSR count). The van der Waals surface area contributed by atoms with E-state index in [4.69, 9.17) is 5.11 Å². The number of Topliss-reactive ketones (excluding diaryl/α,β-unsaturated/α-hetero) is 1. The molecule has 0 saturated heterocycles. The van der Waals surface area contributed by atoms with Crippen LogP contribution in [0.15, 0.2) is 47.6 Å². The molecule has 4 heteroatoms. The maximum atomic E-state index is 11.9. The van der Waals surface area contributed by atoms with Crippen molar-refractivity contribution in [2.45, 2.75) is 46.3 Å². The van der Waals surface area contributed by atoms with Crippen molar-refractivity contribution in [1.29, 1.82) is 0 Å². The lowest BCUT2D eigenvalue weighted by molar-refractivity contribution is -0.128. The van der Waals surface area contributed by atoms with Gasteiger partial charge in [-0.05, 0) is 31.3 Å². The first-order chi connectivity index (χ1) is 11.3. The van der Waals surface area contributed by atoms with Crippen LogP contribution >= 0.6 is 0 Å². The van der Waals surface area contributed by atoms with Gasteiger partial charge in [-0.15, -0.1) is 0 Å². The molecule has 0 aliphatic heterocycles. The number of allylic oxidation sites excluding steroid dienone is 5. The molecular formula is C20H30O4. The molecule has 0 heterocycles. The molecule has 3 N–H and O–H groups in total. The number of aliphatic hydroxyl groups is 3. The van der Waals surface area contributed by atoms with E-state index in [1.807, 2.05) is 18.2 Å². The van der Waals surface area contributed by atoms with E-state index in [2.05, 4.69) is 32.9 Å². The van der Waals surface area contributed by atoms with Crippen LogP contribution in [0.1, 0.15) is 34.1 Å². The minimum Gasteiger partial charge on any atom is -0.392 e. The predicted octanol–water partition coefficient (Wildman–Crippen LogP) is 2.57. The minimum absolute atomic E-state index is 0.0681. The van der Waals surface area contributed by atoms with Crippen molar-refractivity contribution < 1.29 is 20.1 Å². The van der Waals surface area contributed by atoms with Gasteiger partial charge in [0, 0.05) is 11.5 Å².